The molecule has 0 bridgehead atoms. The van der Waals surface area contributed by atoms with Crippen molar-refractivity contribution in [3.8, 4) is 5.88 Å². The number of carbonyl (C=O) groups is 1. The summed E-state index contributed by atoms with van der Waals surface area (Å²) < 4.78 is 24.4. The molecule has 1 aromatic heterocycles. The van der Waals surface area contributed by atoms with Gasteiger partial charge in [0.2, 0.25) is 5.88 Å². The average Bonchev–Trinajstić information content (AvgIpc) is 2.52. The largest absolute Gasteiger partial charge is 0.442 e. The van der Waals surface area contributed by atoms with Crippen molar-refractivity contribution in [3.05, 3.63) is 68.9 Å². The smallest absolute Gasteiger partial charge is 0.346 e. The number of hydrogen-bond donors (Lipinski definition) is 0. The molecule has 2 heterocycles. The molecule has 0 N–H and O–H groups in total. The summed E-state index contributed by atoms with van der Waals surface area (Å²) in [5.41, 5.74) is 0.436. The number of ether oxygens (including phenoxy) is 1. The van der Waals surface area contributed by atoms with Gasteiger partial charge < -0.3 is 9.15 Å². The van der Waals surface area contributed by atoms with Crippen molar-refractivity contribution < 1.29 is 18.3 Å². The van der Waals surface area contributed by atoms with Crippen LogP contribution in [0.2, 0.25) is 0 Å². The lowest BCUT2D eigenvalue weighted by molar-refractivity contribution is -0.118. The van der Waals surface area contributed by atoms with Crippen LogP contribution < -0.4 is 10.4 Å². The Morgan fingerprint density at radius 2 is 1.85 bits per heavy atom. The third-order valence-corrected chi connectivity index (χ3v) is 4.83. The number of rotatable bonds is 1. The highest BCUT2D eigenvalue weighted by Gasteiger charge is 2.44. The molecule has 2 aromatic rings. The summed E-state index contributed by atoms with van der Waals surface area (Å²) in [6, 6.07) is 5.77. The van der Waals surface area contributed by atoms with Crippen molar-refractivity contribution in [3.63, 3.8) is 0 Å². The predicted octanol–water partition coefficient (Wildman–Crippen LogP) is 3.65. The number of allylic oxidation sites excluding steroid dienone is 2. The van der Waals surface area contributed by atoms with Gasteiger partial charge in [-0.15, -0.1) is 0 Å². The van der Waals surface area contributed by atoms with Crippen LogP contribution in [0.3, 0.4) is 0 Å². The number of benzene rings is 1. The summed E-state index contributed by atoms with van der Waals surface area (Å²) in [7, 11) is 0. The highest BCUT2D eigenvalue weighted by atomic mass is 19.1. The Labute approximate surface area is 149 Å². The summed E-state index contributed by atoms with van der Waals surface area (Å²) in [5, 5.41) is 0. The Morgan fingerprint density at radius 1 is 1.15 bits per heavy atom. The summed E-state index contributed by atoms with van der Waals surface area (Å²) in [5.74, 6) is -0.237. The second-order valence-corrected chi connectivity index (χ2v) is 7.60. The number of aromatic nitrogens is 1. The normalized spacial score (nSPS) is 21.1. The number of Topliss-reactive ketones (excluding diaryl/α,β-unsaturated/α-hetero) is 1. The van der Waals surface area contributed by atoms with Gasteiger partial charge in [0.15, 0.2) is 11.7 Å². The van der Waals surface area contributed by atoms with Crippen LogP contribution in [0.5, 0.6) is 5.88 Å². The minimum Gasteiger partial charge on any atom is -0.442 e. The highest BCUT2D eigenvalue weighted by molar-refractivity contribution is 6.00. The molecule has 6 heteroatoms. The first-order chi connectivity index (χ1) is 12.2. The van der Waals surface area contributed by atoms with E-state index in [9.17, 15) is 14.0 Å². The van der Waals surface area contributed by atoms with Gasteiger partial charge >= 0.3 is 5.63 Å². The van der Waals surface area contributed by atoms with Crippen LogP contribution in [0, 0.1) is 18.2 Å². The van der Waals surface area contributed by atoms with E-state index in [1.165, 1.54) is 12.1 Å². The number of nitrogens with zero attached hydrogens (tertiary/aromatic N) is 1. The molecule has 1 atom stereocenters. The van der Waals surface area contributed by atoms with Crippen LogP contribution in [0.15, 0.2) is 44.8 Å². The van der Waals surface area contributed by atoms with Crippen molar-refractivity contribution >= 4 is 5.78 Å². The Morgan fingerprint density at radius 3 is 2.54 bits per heavy atom. The summed E-state index contributed by atoms with van der Waals surface area (Å²) in [6.45, 7) is 5.56. The minimum atomic E-state index is -0.665. The fourth-order valence-electron chi connectivity index (χ4n) is 3.76. The van der Waals surface area contributed by atoms with Gasteiger partial charge in [0.1, 0.15) is 17.1 Å². The average molecular weight is 355 g/mol. The Kier molecular flexibility index (Phi) is 3.61. The number of hydrogen-bond acceptors (Lipinski definition) is 5. The first kappa shape index (κ1) is 16.7. The molecule has 1 aliphatic carbocycles. The van der Waals surface area contributed by atoms with E-state index in [-0.39, 0.29) is 34.3 Å². The molecule has 1 unspecified atom stereocenters. The maximum absolute atomic E-state index is 13.4. The fourth-order valence-corrected chi connectivity index (χ4v) is 3.76. The first-order valence-corrected chi connectivity index (χ1v) is 8.46. The summed E-state index contributed by atoms with van der Waals surface area (Å²) in [6.07, 6.45) is 0.916. The molecule has 0 spiro atoms. The monoisotopic (exact) mass is 355 g/mol. The van der Waals surface area contributed by atoms with E-state index in [1.54, 1.807) is 19.1 Å². The van der Waals surface area contributed by atoms with Gasteiger partial charge in [-0.2, -0.15) is 4.98 Å². The van der Waals surface area contributed by atoms with E-state index in [4.69, 9.17) is 9.15 Å². The Balaban J connectivity index is 1.99. The molecule has 4 rings (SSSR count). The zero-order valence-corrected chi connectivity index (χ0v) is 14.8. The molecular weight excluding hydrogens is 337 g/mol. The Bertz CT molecular complexity index is 1000. The summed E-state index contributed by atoms with van der Waals surface area (Å²) >= 11 is 0. The first-order valence-electron chi connectivity index (χ1n) is 8.46. The van der Waals surface area contributed by atoms with Gasteiger partial charge in [0, 0.05) is 25.3 Å². The lowest BCUT2D eigenvalue weighted by atomic mass is 9.70. The van der Waals surface area contributed by atoms with Gasteiger partial charge in [0.25, 0.3) is 0 Å². The molecule has 1 aromatic carbocycles. The van der Waals surface area contributed by atoms with Crippen molar-refractivity contribution in [1.29, 1.82) is 0 Å². The quantitative estimate of drug-likeness (QED) is 0.781. The van der Waals surface area contributed by atoms with Gasteiger partial charge in [-0.1, -0.05) is 26.0 Å². The third-order valence-electron chi connectivity index (χ3n) is 4.83. The SMILES string of the molecule is Cc1nc2c(c(=O)o1)C(c1ccc(F)cc1)C1=C(CC(C)(C)CC1=O)O2. The molecule has 1 aliphatic heterocycles. The standard InChI is InChI=1S/C20H18FNO4/c1-10-22-18-17(19(24)25-10)15(11-4-6-12(21)7-5-11)16-13(23)8-20(2,3)9-14(16)26-18/h4-7,15H,8-9H2,1-3H3. The molecule has 0 saturated heterocycles. The van der Waals surface area contributed by atoms with E-state index in [1.807, 2.05) is 13.8 Å². The van der Waals surface area contributed by atoms with Crippen molar-refractivity contribution in [2.75, 3.05) is 0 Å². The Hall–Kier alpha value is -2.76. The second kappa shape index (κ2) is 5.62. The van der Waals surface area contributed by atoms with Crippen molar-refractivity contribution in [2.45, 2.75) is 39.5 Å². The van der Waals surface area contributed by atoms with Crippen LogP contribution in [-0.4, -0.2) is 10.8 Å². The molecule has 2 aliphatic rings. The zero-order valence-electron chi connectivity index (χ0n) is 14.8. The molecule has 26 heavy (non-hydrogen) atoms. The predicted molar refractivity (Wildman–Crippen MR) is 91.4 cm³/mol. The summed E-state index contributed by atoms with van der Waals surface area (Å²) in [4.78, 5) is 29.7. The van der Waals surface area contributed by atoms with Crippen LogP contribution in [-0.2, 0) is 4.79 Å². The van der Waals surface area contributed by atoms with E-state index >= 15 is 0 Å². The van der Waals surface area contributed by atoms with E-state index < -0.39 is 11.5 Å². The van der Waals surface area contributed by atoms with Crippen LogP contribution in [0.4, 0.5) is 4.39 Å². The molecular formula is C20H18FNO4. The maximum Gasteiger partial charge on any atom is 0.346 e. The fraction of sp³-hybridized carbons (Fsp3) is 0.350. The number of aryl methyl sites for hydroxylation is 1. The number of ketones is 1. The minimum absolute atomic E-state index is 0.0730. The van der Waals surface area contributed by atoms with Crippen LogP contribution >= 0.6 is 0 Å². The number of halogens is 1. The molecule has 0 radical (unpaired) electrons. The van der Waals surface area contributed by atoms with Crippen LogP contribution in [0.1, 0.15) is 49.6 Å². The van der Waals surface area contributed by atoms with E-state index in [0.717, 1.165) is 0 Å². The third kappa shape index (κ3) is 2.66. The van der Waals surface area contributed by atoms with Crippen molar-refractivity contribution in [2.24, 2.45) is 5.41 Å². The van der Waals surface area contributed by atoms with Gasteiger partial charge in [-0.05, 0) is 23.1 Å². The second-order valence-electron chi connectivity index (χ2n) is 7.60. The lowest BCUT2D eigenvalue weighted by Gasteiger charge is -2.37. The van der Waals surface area contributed by atoms with Crippen LogP contribution in [0.25, 0.3) is 0 Å². The topological polar surface area (TPSA) is 69.4 Å². The highest BCUT2D eigenvalue weighted by Crippen LogP contribution is 2.48. The molecule has 134 valence electrons. The number of fused-ring (bicyclic) bond motifs is 1. The van der Waals surface area contributed by atoms with Gasteiger partial charge in [-0.25, -0.2) is 9.18 Å². The van der Waals surface area contributed by atoms with Crippen molar-refractivity contribution in [1.82, 2.24) is 4.98 Å². The molecule has 5 nitrogen and oxygen atoms in total. The van der Waals surface area contributed by atoms with Gasteiger partial charge in [-0.3, -0.25) is 4.79 Å². The molecule has 0 amide bonds. The zero-order chi connectivity index (χ0) is 18.6. The van der Waals surface area contributed by atoms with Gasteiger partial charge in [0.05, 0.1) is 5.92 Å². The maximum atomic E-state index is 13.4. The lowest BCUT2D eigenvalue weighted by Crippen LogP contribution is -2.35. The molecule has 0 fully saturated rings. The van der Waals surface area contributed by atoms with E-state index in [0.29, 0.717) is 29.7 Å². The van der Waals surface area contributed by atoms with E-state index in [2.05, 4.69) is 4.98 Å². The molecule has 0 saturated carbocycles. The number of carbonyl (C=O) groups excluding carboxylic acids is 1.